The maximum atomic E-state index is 9.18. The Morgan fingerprint density at radius 1 is 0.417 bits per heavy atom. The fourth-order valence-electron chi connectivity index (χ4n) is 14.2. The van der Waals surface area contributed by atoms with Crippen molar-refractivity contribution in [2.45, 2.75) is 115 Å². The van der Waals surface area contributed by atoms with Crippen LogP contribution in [0.15, 0.2) is 238 Å². The summed E-state index contributed by atoms with van der Waals surface area (Å²) in [5.41, 5.74) is 20.8. The Kier molecular flexibility index (Phi) is 16.3. The van der Waals surface area contributed by atoms with Crippen LogP contribution in [0.3, 0.4) is 0 Å². The third-order valence-electron chi connectivity index (χ3n) is 19.7. The summed E-state index contributed by atoms with van der Waals surface area (Å²) in [6.07, 6.45) is 10.2. The molecule has 0 atom stereocenters. The normalized spacial score (nSPS) is 14.4. The lowest BCUT2D eigenvalue weighted by atomic mass is 9.71. The van der Waals surface area contributed by atoms with Crippen molar-refractivity contribution >= 4 is 98.1 Å². The second-order valence-corrected chi connectivity index (χ2v) is 27.0. The highest BCUT2D eigenvalue weighted by Crippen LogP contribution is 2.44. The minimum absolute atomic E-state index is 0. The van der Waals surface area contributed by atoms with E-state index >= 15 is 0 Å². The predicted octanol–water partition coefficient (Wildman–Crippen LogP) is 24.3. The van der Waals surface area contributed by atoms with Gasteiger partial charge in [0, 0.05) is 74.1 Å². The molecule has 6 aromatic heterocycles. The summed E-state index contributed by atoms with van der Waals surface area (Å²) in [7, 11) is 6.13. The number of benzene rings is 10. The van der Waals surface area contributed by atoms with Crippen LogP contribution in [0.1, 0.15) is 128 Å². The number of aromatic nitrogens is 3. The standard InChI is InChI=1S/C31H32NO.C30H24NO.C26H24NO.3CH4/c1-20-7-5-6-8-25(20)28-18-27-26-16-23-10-9-22(21-11-13-31(2,3)14-12-21)15-24(23)17-29(26)33-30(27)19-32(28)4;1-19-9-12-25(20(2)13-19)28-17-27-26-15-23-11-10-22(21-7-5-4-6-8-21)14-24(23)16-29(26)32-30(27)18-31(28)3;1-16(2)18-9-10-19-12-22-23-14-24(21-8-6-5-7-17(21)3)27(4)15-26(23)28-25(22)13-20(19)11-18;;;/h5-10,15-19,21H,11-14H2,1-4H3;4-18H,1-3H3;5-16H,1-4H3;3*1H4/q3*+1;;;/i21D;1D3;16D;;;. The number of aryl methyl sites for hydroxylation is 7. The van der Waals surface area contributed by atoms with E-state index in [1.54, 1.807) is 12.1 Å². The first-order valence-corrected chi connectivity index (χ1v) is 32.5. The van der Waals surface area contributed by atoms with E-state index in [4.69, 9.17) is 18.7 Å². The zero-order valence-electron chi connectivity index (χ0n) is 59.8. The van der Waals surface area contributed by atoms with Gasteiger partial charge in [-0.1, -0.05) is 183 Å². The molecule has 10 aromatic carbocycles. The Labute approximate surface area is 573 Å². The lowest BCUT2D eigenvalue weighted by Gasteiger charge is -2.34. The first-order valence-electron chi connectivity index (χ1n) is 35.0. The Bertz CT molecular complexity index is 5860. The summed E-state index contributed by atoms with van der Waals surface area (Å²) in [6, 6.07) is 71.8. The van der Waals surface area contributed by atoms with Crippen molar-refractivity contribution in [3.05, 3.63) is 258 Å². The molecule has 0 spiro atoms. The van der Waals surface area contributed by atoms with Gasteiger partial charge in [-0.25, -0.2) is 0 Å². The summed E-state index contributed by atoms with van der Waals surface area (Å²) in [4.78, 5) is 0. The Morgan fingerprint density at radius 2 is 0.844 bits per heavy atom. The molecule has 16 aromatic rings. The van der Waals surface area contributed by atoms with Crippen molar-refractivity contribution in [3.63, 3.8) is 0 Å². The van der Waals surface area contributed by atoms with Gasteiger partial charge in [-0.2, -0.15) is 13.7 Å². The van der Waals surface area contributed by atoms with Gasteiger partial charge in [0.25, 0.3) is 0 Å². The smallest absolute Gasteiger partial charge is 0.213 e. The SMILES string of the molecule is C.C.C.[2H]C(C)(C)c1ccc2cc3c(cc2c1)oc1c[n+](C)c(-c2ccccc2C)cc13.[2H]C([2H])([2H])c1ccc(-c2cc3c(c[n+]2C)oc2cc4cc(-c5ccccc5)ccc4cc23)c(C)c1.[2H]C1(c2ccc3cc4c(cc3c2)oc2c[n+](C)c(-c3ccccc3C)cc24)CCC(C)(C)CC1. The quantitative estimate of drug-likeness (QED) is 0.156. The Balaban J connectivity index is 0.000000142. The van der Waals surface area contributed by atoms with Crippen molar-refractivity contribution in [2.24, 2.45) is 26.6 Å². The molecule has 17 rings (SSSR count). The fraction of sp³-hybridized carbons (Fsp3) is 0.233. The van der Waals surface area contributed by atoms with Crippen LogP contribution in [0.4, 0.5) is 0 Å². The Hall–Kier alpha value is -10.2. The van der Waals surface area contributed by atoms with Crippen molar-refractivity contribution < 1.29 is 33.8 Å². The second kappa shape index (κ2) is 26.2. The summed E-state index contributed by atoms with van der Waals surface area (Å²) in [6.45, 7) is 12.6. The molecule has 1 aliphatic carbocycles. The molecule has 0 saturated heterocycles. The average molecular weight is 1270 g/mol. The maximum Gasteiger partial charge on any atom is 0.213 e. The minimum atomic E-state index is -2.11. The van der Waals surface area contributed by atoms with Crippen LogP contribution in [0.25, 0.3) is 143 Å². The molecular weight excluding hydrogens is 1170 g/mol. The zero-order valence-corrected chi connectivity index (χ0v) is 54.8. The molecular formula is C90H92N3O3+3. The van der Waals surface area contributed by atoms with Crippen LogP contribution in [-0.4, -0.2) is 0 Å². The highest BCUT2D eigenvalue weighted by atomic mass is 16.3. The number of nitrogens with zero attached hydrogens (tertiary/aromatic N) is 3. The monoisotopic (exact) mass is 1270 g/mol. The molecule has 482 valence electrons. The average Bonchev–Trinajstić information content (AvgIpc) is 1.65. The van der Waals surface area contributed by atoms with Crippen LogP contribution in [-0.2, 0) is 21.1 Å². The van der Waals surface area contributed by atoms with Gasteiger partial charge >= 0.3 is 0 Å². The van der Waals surface area contributed by atoms with Crippen LogP contribution < -0.4 is 13.7 Å². The number of hydrogen-bond donors (Lipinski definition) is 0. The van der Waals surface area contributed by atoms with E-state index in [2.05, 4.69) is 245 Å². The van der Waals surface area contributed by atoms with Crippen LogP contribution >= 0.6 is 0 Å². The summed E-state index contributed by atoms with van der Waals surface area (Å²) in [5.74, 6) is -1.10. The maximum absolute atomic E-state index is 9.18. The molecule has 0 amide bonds. The lowest BCUT2D eigenvalue weighted by molar-refractivity contribution is -0.659. The van der Waals surface area contributed by atoms with Gasteiger partial charge in [0.1, 0.15) is 37.9 Å². The van der Waals surface area contributed by atoms with Gasteiger partial charge < -0.3 is 13.3 Å². The summed E-state index contributed by atoms with van der Waals surface area (Å²) >= 11 is 0. The van der Waals surface area contributed by atoms with Crippen molar-refractivity contribution in [1.82, 2.24) is 0 Å². The van der Waals surface area contributed by atoms with Gasteiger partial charge in [0.05, 0.1) is 0 Å². The molecule has 96 heavy (non-hydrogen) atoms. The second-order valence-electron chi connectivity index (χ2n) is 27.0. The molecule has 1 aliphatic rings. The summed E-state index contributed by atoms with van der Waals surface area (Å²) in [5, 5.41) is 13.6. The van der Waals surface area contributed by atoms with E-state index in [-0.39, 0.29) is 22.3 Å². The fourth-order valence-corrected chi connectivity index (χ4v) is 14.2. The number of hydrogen-bond acceptors (Lipinski definition) is 3. The number of pyridine rings is 3. The Morgan fingerprint density at radius 3 is 1.31 bits per heavy atom. The third kappa shape index (κ3) is 12.3. The molecule has 0 unspecified atom stereocenters. The molecule has 6 nitrogen and oxygen atoms in total. The third-order valence-corrected chi connectivity index (χ3v) is 19.7. The van der Waals surface area contributed by atoms with Gasteiger partial charge in [0.15, 0.2) is 16.7 Å². The first kappa shape index (κ1) is 59.6. The molecule has 0 aliphatic heterocycles. The van der Waals surface area contributed by atoms with E-state index in [1.165, 1.54) is 55.5 Å². The van der Waals surface area contributed by atoms with Gasteiger partial charge in [-0.05, 0) is 202 Å². The van der Waals surface area contributed by atoms with Crippen molar-refractivity contribution in [3.8, 4) is 44.9 Å². The van der Waals surface area contributed by atoms with Gasteiger partial charge in [-0.3, -0.25) is 0 Å². The largest absolute Gasteiger partial charge is 0.450 e. The highest BCUT2D eigenvalue weighted by molar-refractivity contribution is 6.13. The van der Waals surface area contributed by atoms with Crippen LogP contribution in [0, 0.1) is 33.0 Å². The van der Waals surface area contributed by atoms with Crippen LogP contribution in [0.5, 0.6) is 0 Å². The zero-order chi connectivity index (χ0) is 68.3. The topological polar surface area (TPSA) is 51.1 Å². The molecule has 1 saturated carbocycles. The van der Waals surface area contributed by atoms with E-state index in [0.29, 0.717) is 11.0 Å². The van der Waals surface area contributed by atoms with E-state index in [1.807, 2.05) is 50.7 Å². The van der Waals surface area contributed by atoms with E-state index in [9.17, 15) is 1.37 Å². The predicted molar refractivity (Wildman–Crippen MR) is 407 cm³/mol. The summed E-state index contributed by atoms with van der Waals surface area (Å²) < 4.78 is 65.8. The van der Waals surface area contributed by atoms with E-state index in [0.717, 1.165) is 141 Å². The number of rotatable bonds is 6. The van der Waals surface area contributed by atoms with Crippen molar-refractivity contribution in [1.29, 1.82) is 0 Å². The molecule has 1 fully saturated rings. The number of furan rings is 3. The molecule has 6 heterocycles. The van der Waals surface area contributed by atoms with Crippen LogP contribution in [0.2, 0.25) is 0 Å². The van der Waals surface area contributed by atoms with Gasteiger partial charge in [-0.15, -0.1) is 0 Å². The van der Waals surface area contributed by atoms with Gasteiger partial charge in [0.2, 0.25) is 35.7 Å². The lowest BCUT2D eigenvalue weighted by Crippen LogP contribution is -2.30. The van der Waals surface area contributed by atoms with Crippen molar-refractivity contribution in [2.75, 3.05) is 0 Å². The molecule has 6 heteroatoms. The first-order chi connectivity index (χ1) is 46.8. The number of fused-ring (bicyclic) bond motifs is 12. The molecule has 0 N–H and O–H groups in total. The highest BCUT2D eigenvalue weighted by Gasteiger charge is 2.28. The molecule has 0 radical (unpaired) electrons. The molecule has 0 bridgehead atoms. The van der Waals surface area contributed by atoms with E-state index < -0.39 is 18.6 Å². The minimum Gasteiger partial charge on any atom is -0.450 e.